The number of carbonyl (C=O) groups excluding carboxylic acids is 3. The third-order valence-corrected chi connectivity index (χ3v) is 11.6. The summed E-state index contributed by atoms with van der Waals surface area (Å²) in [5, 5.41) is 0. The van der Waals surface area contributed by atoms with E-state index in [1.54, 1.807) is 0 Å². The molecule has 0 aromatic rings. The van der Waals surface area contributed by atoms with Crippen LogP contribution in [0.5, 0.6) is 0 Å². The predicted molar refractivity (Wildman–Crippen MR) is 238 cm³/mol. The quantitative estimate of drug-likeness (QED) is 0.0347. The van der Waals surface area contributed by atoms with Gasteiger partial charge in [0.2, 0.25) is 0 Å². The van der Waals surface area contributed by atoms with Gasteiger partial charge in [-0.05, 0) is 31.1 Å². The minimum Gasteiger partial charge on any atom is -0.462 e. The molecule has 0 rings (SSSR count). The molecule has 56 heavy (non-hydrogen) atoms. The number of ether oxygens (including phenoxy) is 3. The zero-order valence-electron chi connectivity index (χ0n) is 38.3. The van der Waals surface area contributed by atoms with Gasteiger partial charge in [-0.3, -0.25) is 14.4 Å². The van der Waals surface area contributed by atoms with Crippen LogP contribution in [0, 0.1) is 11.8 Å². The average Bonchev–Trinajstić information content (AvgIpc) is 3.18. The fourth-order valence-electron chi connectivity index (χ4n) is 7.43. The van der Waals surface area contributed by atoms with E-state index in [9.17, 15) is 14.4 Å². The molecule has 0 aliphatic heterocycles. The highest BCUT2D eigenvalue weighted by molar-refractivity contribution is 5.71. The highest BCUT2D eigenvalue weighted by Gasteiger charge is 2.19. The van der Waals surface area contributed by atoms with Gasteiger partial charge in [0, 0.05) is 19.3 Å². The van der Waals surface area contributed by atoms with E-state index in [1.165, 1.54) is 161 Å². The molecule has 0 aromatic carbocycles. The molecule has 0 N–H and O–H groups in total. The van der Waals surface area contributed by atoms with E-state index in [0.717, 1.165) is 69.6 Å². The van der Waals surface area contributed by atoms with Crippen LogP contribution < -0.4 is 0 Å². The molecule has 0 aliphatic carbocycles. The molecule has 0 saturated carbocycles. The normalized spacial score (nSPS) is 12.5. The van der Waals surface area contributed by atoms with Crippen molar-refractivity contribution in [2.45, 2.75) is 278 Å². The lowest BCUT2D eigenvalue weighted by Gasteiger charge is -2.18. The van der Waals surface area contributed by atoms with Crippen molar-refractivity contribution in [1.82, 2.24) is 0 Å². The first-order valence-corrected chi connectivity index (χ1v) is 24.8. The molecule has 0 amide bonds. The Balaban J connectivity index is 4.10. The maximum atomic E-state index is 12.7. The van der Waals surface area contributed by atoms with Crippen molar-refractivity contribution >= 4 is 17.9 Å². The zero-order valence-corrected chi connectivity index (χ0v) is 38.3. The van der Waals surface area contributed by atoms with Crippen molar-refractivity contribution in [1.29, 1.82) is 0 Å². The van der Waals surface area contributed by atoms with Crippen LogP contribution in [-0.2, 0) is 28.6 Å². The summed E-state index contributed by atoms with van der Waals surface area (Å²) in [6, 6.07) is 0. The lowest BCUT2D eigenvalue weighted by atomic mass is 9.99. The maximum absolute atomic E-state index is 12.7. The van der Waals surface area contributed by atoms with Gasteiger partial charge in [0.15, 0.2) is 6.10 Å². The summed E-state index contributed by atoms with van der Waals surface area (Å²) in [5.74, 6) is 0.809. The summed E-state index contributed by atoms with van der Waals surface area (Å²) in [6.45, 7) is 11.3. The highest BCUT2D eigenvalue weighted by atomic mass is 16.6. The summed E-state index contributed by atoms with van der Waals surface area (Å²) in [6.07, 6.45) is 42.6. The largest absolute Gasteiger partial charge is 0.462 e. The fraction of sp³-hybridized carbons (Fsp3) is 0.940. The Morgan fingerprint density at radius 2 is 0.679 bits per heavy atom. The third-order valence-electron chi connectivity index (χ3n) is 11.6. The Morgan fingerprint density at radius 3 is 1.02 bits per heavy atom. The van der Waals surface area contributed by atoms with Crippen LogP contribution in [0.1, 0.15) is 272 Å². The molecule has 1 unspecified atom stereocenters. The first-order chi connectivity index (χ1) is 27.3. The van der Waals surface area contributed by atoms with Crippen molar-refractivity contribution in [2.24, 2.45) is 11.8 Å². The molecular formula is C50H96O6. The first kappa shape index (κ1) is 54.4. The molecule has 0 heterocycles. The van der Waals surface area contributed by atoms with Crippen LogP contribution in [-0.4, -0.2) is 37.2 Å². The lowest BCUT2D eigenvalue weighted by molar-refractivity contribution is -0.167. The Bertz CT molecular complexity index is 856. The Morgan fingerprint density at radius 1 is 0.375 bits per heavy atom. The van der Waals surface area contributed by atoms with E-state index in [0.29, 0.717) is 19.3 Å². The standard InChI is InChI=1S/C50H96O6/c1-6-8-9-10-23-30-35-40-48(51)54-43-47(44-55-49(52)41-36-31-27-26-28-33-38-45(3)4)56-50(53)42-37-32-25-22-20-18-16-14-12-11-13-15-17-19-21-24-29-34-39-46(5)7-2/h45-47H,6-44H2,1-5H3/t46?,47-/m0/s1. The number of carbonyl (C=O) groups is 3. The summed E-state index contributed by atoms with van der Waals surface area (Å²) in [5.41, 5.74) is 0. The Kier molecular flexibility index (Phi) is 41.8. The van der Waals surface area contributed by atoms with Crippen molar-refractivity contribution in [2.75, 3.05) is 13.2 Å². The van der Waals surface area contributed by atoms with Crippen molar-refractivity contribution in [3.05, 3.63) is 0 Å². The van der Waals surface area contributed by atoms with E-state index in [-0.39, 0.29) is 31.1 Å². The summed E-state index contributed by atoms with van der Waals surface area (Å²) >= 11 is 0. The molecule has 6 heteroatoms. The number of rotatable bonds is 44. The second kappa shape index (κ2) is 43.0. The van der Waals surface area contributed by atoms with E-state index < -0.39 is 6.10 Å². The van der Waals surface area contributed by atoms with Gasteiger partial charge in [-0.1, -0.05) is 234 Å². The highest BCUT2D eigenvalue weighted by Crippen LogP contribution is 2.18. The molecule has 0 fully saturated rings. The van der Waals surface area contributed by atoms with E-state index in [1.807, 2.05) is 0 Å². The summed E-state index contributed by atoms with van der Waals surface area (Å²) in [7, 11) is 0. The minimum atomic E-state index is -0.760. The van der Waals surface area contributed by atoms with E-state index in [4.69, 9.17) is 14.2 Å². The Labute approximate surface area is 348 Å². The van der Waals surface area contributed by atoms with Crippen LogP contribution in [0.3, 0.4) is 0 Å². The smallest absolute Gasteiger partial charge is 0.306 e. The third kappa shape index (κ3) is 42.0. The second-order valence-electron chi connectivity index (χ2n) is 17.8. The van der Waals surface area contributed by atoms with Gasteiger partial charge in [-0.15, -0.1) is 0 Å². The van der Waals surface area contributed by atoms with Gasteiger partial charge in [0.05, 0.1) is 0 Å². The molecule has 0 saturated heterocycles. The van der Waals surface area contributed by atoms with Crippen molar-refractivity contribution in [3.8, 4) is 0 Å². The van der Waals surface area contributed by atoms with Gasteiger partial charge in [0.25, 0.3) is 0 Å². The molecular weight excluding hydrogens is 697 g/mol. The minimum absolute atomic E-state index is 0.0659. The maximum Gasteiger partial charge on any atom is 0.306 e. The predicted octanol–water partition coefficient (Wildman–Crippen LogP) is 15.8. The van der Waals surface area contributed by atoms with Gasteiger partial charge in [0.1, 0.15) is 13.2 Å². The Hall–Kier alpha value is -1.59. The molecule has 0 aromatic heterocycles. The second-order valence-corrected chi connectivity index (χ2v) is 17.8. The average molecular weight is 793 g/mol. The van der Waals surface area contributed by atoms with Crippen LogP contribution in [0.2, 0.25) is 0 Å². The van der Waals surface area contributed by atoms with E-state index >= 15 is 0 Å². The van der Waals surface area contributed by atoms with Gasteiger partial charge in [-0.2, -0.15) is 0 Å². The molecule has 0 aliphatic rings. The summed E-state index contributed by atoms with van der Waals surface area (Å²) in [4.78, 5) is 37.6. The monoisotopic (exact) mass is 793 g/mol. The fourth-order valence-corrected chi connectivity index (χ4v) is 7.43. The number of unbranched alkanes of at least 4 members (excludes halogenated alkanes) is 28. The molecule has 2 atom stereocenters. The van der Waals surface area contributed by atoms with Gasteiger partial charge < -0.3 is 14.2 Å². The summed E-state index contributed by atoms with van der Waals surface area (Å²) < 4.78 is 16.7. The molecule has 332 valence electrons. The molecule has 0 bridgehead atoms. The number of hydrogen-bond acceptors (Lipinski definition) is 6. The van der Waals surface area contributed by atoms with Crippen molar-refractivity contribution < 1.29 is 28.6 Å². The van der Waals surface area contributed by atoms with Crippen molar-refractivity contribution in [3.63, 3.8) is 0 Å². The van der Waals surface area contributed by atoms with Crippen LogP contribution in [0.25, 0.3) is 0 Å². The van der Waals surface area contributed by atoms with Crippen LogP contribution >= 0.6 is 0 Å². The molecule has 6 nitrogen and oxygen atoms in total. The van der Waals surface area contributed by atoms with E-state index in [2.05, 4.69) is 34.6 Å². The molecule has 0 radical (unpaired) electrons. The van der Waals surface area contributed by atoms with Crippen LogP contribution in [0.4, 0.5) is 0 Å². The van der Waals surface area contributed by atoms with Gasteiger partial charge >= 0.3 is 17.9 Å². The number of hydrogen-bond donors (Lipinski definition) is 0. The van der Waals surface area contributed by atoms with Crippen LogP contribution in [0.15, 0.2) is 0 Å². The molecule has 0 spiro atoms. The number of esters is 3. The zero-order chi connectivity index (χ0) is 41.2. The first-order valence-electron chi connectivity index (χ1n) is 24.8. The van der Waals surface area contributed by atoms with Gasteiger partial charge in [-0.25, -0.2) is 0 Å². The SMILES string of the molecule is CCCCCCCCCC(=O)OC[C@@H](COC(=O)CCCCCCCCC(C)C)OC(=O)CCCCCCCCCCCCCCCCCCCCC(C)CC. The topological polar surface area (TPSA) is 78.9 Å². The lowest BCUT2D eigenvalue weighted by Crippen LogP contribution is -2.30.